The first kappa shape index (κ1) is 7.59. The number of nitrogens with one attached hydrogen (secondary N) is 1. The van der Waals surface area contributed by atoms with Crippen molar-refractivity contribution in [2.45, 2.75) is 0 Å². The number of carboxylic acid groups (broad SMARTS) is 1. The van der Waals surface area contributed by atoms with E-state index in [4.69, 9.17) is 5.11 Å². The van der Waals surface area contributed by atoms with Gasteiger partial charge in [-0.05, 0) is 0 Å². The van der Waals surface area contributed by atoms with Crippen LogP contribution in [0.3, 0.4) is 0 Å². The van der Waals surface area contributed by atoms with Gasteiger partial charge >= 0.3 is 5.97 Å². The highest BCUT2D eigenvalue weighted by molar-refractivity contribution is 5.86. The monoisotopic (exact) mass is 155 g/mol. The third kappa shape index (κ3) is 1.31. The smallest absolute Gasteiger partial charge is 0.354 e. The Morgan fingerprint density at radius 1 is 1.82 bits per heavy atom. The number of aryl methyl sites for hydroxylation is 1. The number of carboxylic acids is 1. The van der Waals surface area contributed by atoms with E-state index < -0.39 is 5.97 Å². The van der Waals surface area contributed by atoms with Crippen LogP contribution < -0.4 is 5.32 Å². The molecule has 0 unspecified atom stereocenters. The zero-order chi connectivity index (χ0) is 8.43. The number of nitrogens with zero attached hydrogens (tertiary/aromatic N) is 2. The highest BCUT2D eigenvalue weighted by atomic mass is 16.4. The van der Waals surface area contributed by atoms with Crippen molar-refractivity contribution >= 4 is 11.8 Å². The molecule has 0 fully saturated rings. The molecule has 0 aromatic carbocycles. The molecule has 0 aliphatic heterocycles. The van der Waals surface area contributed by atoms with Crippen LogP contribution in [0.5, 0.6) is 0 Å². The summed E-state index contributed by atoms with van der Waals surface area (Å²) in [6, 6.07) is 1.47. The fourth-order valence-electron chi connectivity index (χ4n) is 0.790. The van der Waals surface area contributed by atoms with E-state index in [1.165, 1.54) is 10.7 Å². The third-order valence-electron chi connectivity index (χ3n) is 1.36. The summed E-state index contributed by atoms with van der Waals surface area (Å²) in [5, 5.41) is 15.2. The van der Waals surface area contributed by atoms with Gasteiger partial charge in [-0.3, -0.25) is 4.68 Å². The van der Waals surface area contributed by atoms with Crippen molar-refractivity contribution < 1.29 is 9.90 Å². The minimum Gasteiger partial charge on any atom is -0.477 e. The molecule has 0 spiro atoms. The van der Waals surface area contributed by atoms with Gasteiger partial charge in [-0.25, -0.2) is 4.79 Å². The van der Waals surface area contributed by atoms with Crippen molar-refractivity contribution in [3.63, 3.8) is 0 Å². The molecule has 11 heavy (non-hydrogen) atoms. The van der Waals surface area contributed by atoms with Gasteiger partial charge in [-0.2, -0.15) is 5.10 Å². The molecule has 0 saturated carbocycles. The Kier molecular flexibility index (Phi) is 1.80. The van der Waals surface area contributed by atoms with Crippen LogP contribution in [0.25, 0.3) is 0 Å². The van der Waals surface area contributed by atoms with Crippen LogP contribution in [0.1, 0.15) is 10.5 Å². The summed E-state index contributed by atoms with van der Waals surface area (Å²) in [6.07, 6.45) is 0. The quantitative estimate of drug-likeness (QED) is 0.638. The molecule has 1 heterocycles. The Hall–Kier alpha value is -1.52. The largest absolute Gasteiger partial charge is 0.477 e. The third-order valence-corrected chi connectivity index (χ3v) is 1.36. The van der Waals surface area contributed by atoms with E-state index in [2.05, 4.69) is 10.4 Å². The van der Waals surface area contributed by atoms with Crippen molar-refractivity contribution in [3.8, 4) is 0 Å². The molecule has 5 heteroatoms. The molecule has 0 bridgehead atoms. The molecule has 1 rings (SSSR count). The van der Waals surface area contributed by atoms with Gasteiger partial charge in [0, 0.05) is 20.2 Å². The van der Waals surface area contributed by atoms with E-state index in [9.17, 15) is 4.79 Å². The normalized spacial score (nSPS) is 9.64. The average Bonchev–Trinajstić information content (AvgIpc) is 2.30. The number of anilines is 1. The fraction of sp³-hybridized carbons (Fsp3) is 0.333. The molecular formula is C6H9N3O2. The van der Waals surface area contributed by atoms with E-state index in [-0.39, 0.29) is 5.69 Å². The predicted octanol–water partition coefficient (Wildman–Crippen LogP) is 0.160. The lowest BCUT2D eigenvalue weighted by Crippen LogP contribution is -2.04. The van der Waals surface area contributed by atoms with Crippen molar-refractivity contribution in [2.75, 3.05) is 12.4 Å². The van der Waals surface area contributed by atoms with Gasteiger partial charge in [-0.15, -0.1) is 0 Å². The minimum atomic E-state index is -0.971. The summed E-state index contributed by atoms with van der Waals surface area (Å²) in [6.45, 7) is 0. The zero-order valence-corrected chi connectivity index (χ0v) is 6.33. The second kappa shape index (κ2) is 2.61. The summed E-state index contributed by atoms with van der Waals surface area (Å²) in [4.78, 5) is 10.5. The molecule has 1 aromatic heterocycles. The topological polar surface area (TPSA) is 67.2 Å². The lowest BCUT2D eigenvalue weighted by molar-refractivity contribution is 0.0685. The summed E-state index contributed by atoms with van der Waals surface area (Å²) < 4.78 is 1.31. The second-order valence-electron chi connectivity index (χ2n) is 2.09. The highest BCUT2D eigenvalue weighted by Gasteiger charge is 2.09. The zero-order valence-electron chi connectivity index (χ0n) is 6.33. The molecule has 0 amide bonds. The number of hydrogen-bond donors (Lipinski definition) is 2. The lowest BCUT2D eigenvalue weighted by atomic mass is 10.4. The van der Waals surface area contributed by atoms with Crippen LogP contribution in [0.4, 0.5) is 5.82 Å². The number of aromatic nitrogens is 2. The van der Waals surface area contributed by atoms with E-state index in [0.29, 0.717) is 5.82 Å². The van der Waals surface area contributed by atoms with Crippen LogP contribution in [-0.2, 0) is 7.05 Å². The van der Waals surface area contributed by atoms with Gasteiger partial charge < -0.3 is 10.4 Å². The number of carbonyl (C=O) groups is 1. The average molecular weight is 155 g/mol. The van der Waals surface area contributed by atoms with E-state index in [1.54, 1.807) is 14.1 Å². The maximum absolute atomic E-state index is 10.5. The molecule has 0 aliphatic carbocycles. The molecule has 5 nitrogen and oxygen atoms in total. The van der Waals surface area contributed by atoms with Gasteiger partial charge in [0.05, 0.1) is 0 Å². The van der Waals surface area contributed by atoms with Crippen molar-refractivity contribution in [1.29, 1.82) is 0 Å². The van der Waals surface area contributed by atoms with Gasteiger partial charge in [0.1, 0.15) is 11.5 Å². The van der Waals surface area contributed by atoms with Gasteiger partial charge in [0.2, 0.25) is 0 Å². The first-order chi connectivity index (χ1) is 5.15. The van der Waals surface area contributed by atoms with Crippen molar-refractivity contribution in [1.82, 2.24) is 9.78 Å². The van der Waals surface area contributed by atoms with Crippen LogP contribution in [-0.4, -0.2) is 27.9 Å². The van der Waals surface area contributed by atoms with Crippen LogP contribution in [0.15, 0.2) is 6.07 Å². The number of hydrogen-bond acceptors (Lipinski definition) is 3. The van der Waals surface area contributed by atoms with Crippen LogP contribution >= 0.6 is 0 Å². The maximum atomic E-state index is 10.5. The van der Waals surface area contributed by atoms with E-state index in [1.807, 2.05) is 0 Å². The Bertz CT molecular complexity index is 279. The number of aromatic carboxylic acids is 1. The Morgan fingerprint density at radius 3 is 2.73 bits per heavy atom. The van der Waals surface area contributed by atoms with Gasteiger partial charge in [-0.1, -0.05) is 0 Å². The van der Waals surface area contributed by atoms with E-state index >= 15 is 0 Å². The van der Waals surface area contributed by atoms with Crippen LogP contribution in [0, 0.1) is 0 Å². The molecule has 2 N–H and O–H groups in total. The summed E-state index contributed by atoms with van der Waals surface area (Å²) in [5.74, 6) is -0.411. The Balaban J connectivity index is 3.07. The molecular weight excluding hydrogens is 146 g/mol. The molecule has 1 aromatic rings. The predicted molar refractivity (Wildman–Crippen MR) is 39.7 cm³/mol. The van der Waals surface area contributed by atoms with Crippen LogP contribution in [0.2, 0.25) is 0 Å². The second-order valence-corrected chi connectivity index (χ2v) is 2.09. The molecule has 0 saturated heterocycles. The van der Waals surface area contributed by atoms with Gasteiger partial charge in [0.25, 0.3) is 0 Å². The maximum Gasteiger partial charge on any atom is 0.354 e. The van der Waals surface area contributed by atoms with E-state index in [0.717, 1.165) is 0 Å². The standard InChI is InChI=1S/C6H9N3O2/c1-7-5-3-4(6(10)11)9(2)8-5/h3H,1-2H3,(H,7,8)(H,10,11). The van der Waals surface area contributed by atoms with Gasteiger partial charge in [0.15, 0.2) is 0 Å². The summed E-state index contributed by atoms with van der Waals surface area (Å²) in [7, 11) is 3.28. The number of rotatable bonds is 2. The highest BCUT2D eigenvalue weighted by Crippen LogP contribution is 2.06. The minimum absolute atomic E-state index is 0.175. The first-order valence-electron chi connectivity index (χ1n) is 3.10. The van der Waals surface area contributed by atoms with Crippen molar-refractivity contribution in [2.24, 2.45) is 7.05 Å². The lowest BCUT2D eigenvalue weighted by Gasteiger charge is -1.91. The molecule has 0 aliphatic rings. The van der Waals surface area contributed by atoms with Crippen molar-refractivity contribution in [3.05, 3.63) is 11.8 Å². The molecule has 0 radical (unpaired) electrons. The Labute approximate surface area is 63.6 Å². The molecule has 60 valence electrons. The Morgan fingerprint density at radius 2 is 2.45 bits per heavy atom. The SMILES string of the molecule is CNc1cc(C(=O)O)n(C)n1. The fourth-order valence-corrected chi connectivity index (χ4v) is 0.790. The molecule has 0 atom stereocenters. The summed E-state index contributed by atoms with van der Waals surface area (Å²) in [5.41, 5.74) is 0.175. The first-order valence-corrected chi connectivity index (χ1v) is 3.10. The summed E-state index contributed by atoms with van der Waals surface area (Å²) >= 11 is 0.